The van der Waals surface area contributed by atoms with Gasteiger partial charge in [0.05, 0.1) is 17.8 Å². The lowest BCUT2D eigenvalue weighted by atomic mass is 9.81. The van der Waals surface area contributed by atoms with Gasteiger partial charge >= 0.3 is 5.97 Å². The van der Waals surface area contributed by atoms with Crippen LogP contribution in [0.15, 0.2) is 24.3 Å². The van der Waals surface area contributed by atoms with Crippen LogP contribution in [0.2, 0.25) is 0 Å². The van der Waals surface area contributed by atoms with Crippen LogP contribution in [-0.2, 0) is 11.2 Å². The Bertz CT molecular complexity index is 542. The van der Waals surface area contributed by atoms with E-state index < -0.39 is 5.97 Å². The van der Waals surface area contributed by atoms with E-state index in [1.54, 1.807) is 12.1 Å². The summed E-state index contributed by atoms with van der Waals surface area (Å²) in [6.07, 6.45) is 9.09. The number of benzene rings is 1. The number of rotatable bonds is 9. The lowest BCUT2D eigenvalue weighted by Gasteiger charge is -2.29. The van der Waals surface area contributed by atoms with E-state index in [0.29, 0.717) is 29.7 Å². The molecule has 2 aliphatic heterocycles. The van der Waals surface area contributed by atoms with Crippen LogP contribution in [0.5, 0.6) is 0 Å². The van der Waals surface area contributed by atoms with Crippen molar-refractivity contribution in [3.8, 4) is 0 Å². The first-order valence-electron chi connectivity index (χ1n) is 9.40. The molecule has 2 heterocycles. The molecule has 2 saturated heterocycles. The number of fused-ring (bicyclic) bond motifs is 2. The van der Waals surface area contributed by atoms with Crippen LogP contribution < -0.4 is 5.32 Å². The molecule has 4 nitrogen and oxygen atoms in total. The molecular formula is C20H29NO3. The molecule has 24 heavy (non-hydrogen) atoms. The maximum Gasteiger partial charge on any atom is 0.335 e. The number of carbonyl (C=O) groups is 1. The number of unbranched alkanes of at least 4 members (excludes halogenated alkanes) is 2. The molecule has 2 N–H and O–H groups in total. The van der Waals surface area contributed by atoms with E-state index in [0.717, 1.165) is 19.4 Å². The maximum absolute atomic E-state index is 10.9. The zero-order valence-corrected chi connectivity index (χ0v) is 14.5. The molecule has 1 aromatic carbocycles. The number of aryl methyl sites for hydroxylation is 1. The molecule has 0 aromatic heterocycles. The fourth-order valence-electron chi connectivity index (χ4n) is 4.21. The summed E-state index contributed by atoms with van der Waals surface area (Å²) in [5.41, 5.74) is 1.57. The number of aromatic carboxylic acids is 1. The van der Waals surface area contributed by atoms with E-state index in [1.807, 2.05) is 12.1 Å². The van der Waals surface area contributed by atoms with Gasteiger partial charge in [-0.2, -0.15) is 0 Å². The Labute approximate surface area is 144 Å². The second kappa shape index (κ2) is 8.13. The number of hydrogen-bond acceptors (Lipinski definition) is 3. The summed E-state index contributed by atoms with van der Waals surface area (Å²) in [6.45, 7) is 3.33. The summed E-state index contributed by atoms with van der Waals surface area (Å²) in [7, 11) is 0. The number of carboxylic acid groups (broad SMARTS) is 1. The van der Waals surface area contributed by atoms with Gasteiger partial charge in [0.25, 0.3) is 0 Å². The highest BCUT2D eigenvalue weighted by Crippen LogP contribution is 2.41. The smallest absolute Gasteiger partial charge is 0.335 e. The Morgan fingerprint density at radius 2 is 1.96 bits per heavy atom. The molecule has 0 spiro atoms. The van der Waals surface area contributed by atoms with Crippen LogP contribution in [-0.4, -0.2) is 35.9 Å². The van der Waals surface area contributed by atoms with Crippen molar-refractivity contribution in [3.63, 3.8) is 0 Å². The molecule has 2 aliphatic rings. The fraction of sp³-hybridized carbons (Fsp3) is 0.650. The average Bonchev–Trinajstić information content (AvgIpc) is 3.19. The monoisotopic (exact) mass is 331 g/mol. The maximum atomic E-state index is 10.9. The molecule has 0 amide bonds. The molecule has 132 valence electrons. The zero-order chi connectivity index (χ0) is 16.9. The van der Waals surface area contributed by atoms with Crippen LogP contribution in [0.1, 0.15) is 61.4 Å². The third-order valence-electron chi connectivity index (χ3n) is 5.55. The summed E-state index contributed by atoms with van der Waals surface area (Å²) in [5, 5.41) is 12.7. The highest BCUT2D eigenvalue weighted by atomic mass is 16.5. The number of carboxylic acids is 1. The van der Waals surface area contributed by atoms with Crippen molar-refractivity contribution in [2.45, 2.75) is 70.1 Å². The van der Waals surface area contributed by atoms with Gasteiger partial charge in [0, 0.05) is 12.0 Å². The van der Waals surface area contributed by atoms with Gasteiger partial charge in [-0.05, 0) is 56.3 Å². The van der Waals surface area contributed by atoms with Gasteiger partial charge in [-0.25, -0.2) is 4.79 Å². The van der Waals surface area contributed by atoms with Crippen LogP contribution in [0.3, 0.4) is 0 Å². The molecule has 1 aromatic rings. The minimum absolute atomic E-state index is 0.359. The van der Waals surface area contributed by atoms with Gasteiger partial charge < -0.3 is 15.2 Å². The van der Waals surface area contributed by atoms with Crippen LogP contribution in [0.4, 0.5) is 0 Å². The first-order chi connectivity index (χ1) is 11.7. The standard InChI is InChI=1S/C20H29NO3/c1-2-3-4-13-21-19-16(17-11-12-18(19)24-17)10-7-14-5-8-15(9-6-14)20(22)23/h5-6,8-9,16-19,21H,2-4,7,10-13H2,1H3,(H,22,23)/t16-,17+,18-,19-/m1/s1. The molecule has 2 fully saturated rings. The minimum Gasteiger partial charge on any atom is -0.478 e. The Balaban J connectivity index is 1.53. The van der Waals surface area contributed by atoms with Gasteiger partial charge in [-0.1, -0.05) is 31.9 Å². The first-order valence-corrected chi connectivity index (χ1v) is 9.40. The van der Waals surface area contributed by atoms with Crippen molar-refractivity contribution in [1.82, 2.24) is 5.32 Å². The van der Waals surface area contributed by atoms with E-state index >= 15 is 0 Å². The van der Waals surface area contributed by atoms with Gasteiger partial charge in [-0.15, -0.1) is 0 Å². The van der Waals surface area contributed by atoms with Crippen molar-refractivity contribution in [1.29, 1.82) is 0 Å². The molecule has 0 aliphatic carbocycles. The molecule has 3 rings (SSSR count). The molecular weight excluding hydrogens is 302 g/mol. The van der Waals surface area contributed by atoms with Crippen molar-refractivity contribution in [2.75, 3.05) is 6.54 Å². The van der Waals surface area contributed by atoms with E-state index in [9.17, 15) is 4.79 Å². The van der Waals surface area contributed by atoms with Gasteiger partial charge in [0.1, 0.15) is 0 Å². The molecule has 2 bridgehead atoms. The number of ether oxygens (including phenoxy) is 1. The van der Waals surface area contributed by atoms with Crippen LogP contribution in [0, 0.1) is 5.92 Å². The van der Waals surface area contributed by atoms with E-state index in [1.165, 1.54) is 37.7 Å². The topological polar surface area (TPSA) is 58.6 Å². The molecule has 4 heteroatoms. The number of hydrogen-bond donors (Lipinski definition) is 2. The Morgan fingerprint density at radius 3 is 2.67 bits per heavy atom. The Hall–Kier alpha value is -1.39. The summed E-state index contributed by atoms with van der Waals surface area (Å²) >= 11 is 0. The lowest BCUT2D eigenvalue weighted by molar-refractivity contribution is 0.0697. The highest BCUT2D eigenvalue weighted by molar-refractivity contribution is 5.87. The SMILES string of the molecule is CCCCCN[C@@H]1[C@H](CCc2ccc(C(=O)O)cc2)[C@@H]2CC[C@H]1O2. The molecule has 0 radical (unpaired) electrons. The minimum atomic E-state index is -0.862. The van der Waals surface area contributed by atoms with Crippen molar-refractivity contribution >= 4 is 5.97 Å². The normalized spacial score (nSPS) is 28.4. The Morgan fingerprint density at radius 1 is 1.21 bits per heavy atom. The van der Waals surface area contributed by atoms with E-state index in [-0.39, 0.29) is 0 Å². The molecule has 4 atom stereocenters. The number of nitrogens with one attached hydrogen (secondary N) is 1. The zero-order valence-electron chi connectivity index (χ0n) is 14.5. The van der Waals surface area contributed by atoms with Gasteiger partial charge in [0.15, 0.2) is 0 Å². The van der Waals surface area contributed by atoms with Gasteiger partial charge in [-0.3, -0.25) is 0 Å². The summed E-state index contributed by atoms with van der Waals surface area (Å²) in [5.74, 6) is -0.274. The van der Waals surface area contributed by atoms with Crippen molar-refractivity contribution < 1.29 is 14.6 Å². The summed E-state index contributed by atoms with van der Waals surface area (Å²) < 4.78 is 6.15. The van der Waals surface area contributed by atoms with E-state index in [2.05, 4.69) is 12.2 Å². The first kappa shape index (κ1) is 17.4. The van der Waals surface area contributed by atoms with Crippen molar-refractivity contribution in [2.24, 2.45) is 5.92 Å². The fourth-order valence-corrected chi connectivity index (χ4v) is 4.21. The summed E-state index contributed by atoms with van der Waals surface area (Å²) in [4.78, 5) is 10.9. The third-order valence-corrected chi connectivity index (χ3v) is 5.55. The predicted octanol–water partition coefficient (Wildman–Crippen LogP) is 3.64. The average molecular weight is 331 g/mol. The van der Waals surface area contributed by atoms with Crippen molar-refractivity contribution in [3.05, 3.63) is 35.4 Å². The molecule has 0 unspecified atom stereocenters. The Kier molecular flexibility index (Phi) is 5.90. The lowest BCUT2D eigenvalue weighted by Crippen LogP contribution is -2.44. The second-order valence-electron chi connectivity index (χ2n) is 7.18. The summed E-state index contributed by atoms with van der Waals surface area (Å²) in [6, 6.07) is 7.80. The third kappa shape index (κ3) is 3.98. The largest absolute Gasteiger partial charge is 0.478 e. The van der Waals surface area contributed by atoms with Crippen LogP contribution >= 0.6 is 0 Å². The second-order valence-corrected chi connectivity index (χ2v) is 7.18. The predicted molar refractivity (Wildman–Crippen MR) is 94.4 cm³/mol. The van der Waals surface area contributed by atoms with Gasteiger partial charge in [0.2, 0.25) is 0 Å². The molecule has 0 saturated carbocycles. The highest BCUT2D eigenvalue weighted by Gasteiger charge is 2.47. The van der Waals surface area contributed by atoms with Crippen LogP contribution in [0.25, 0.3) is 0 Å². The van der Waals surface area contributed by atoms with E-state index in [4.69, 9.17) is 9.84 Å². The quantitative estimate of drug-likeness (QED) is 0.678.